The molecule has 170 valence electrons. The van der Waals surface area contributed by atoms with Crippen molar-refractivity contribution in [1.82, 2.24) is 20.3 Å². The number of aromatic amines is 2. The predicted octanol–water partition coefficient (Wildman–Crippen LogP) is 4.61. The van der Waals surface area contributed by atoms with Crippen molar-refractivity contribution in [1.29, 1.82) is 0 Å². The van der Waals surface area contributed by atoms with Crippen molar-refractivity contribution < 1.29 is 18.0 Å². The average molecular weight is 453 g/mol. The third kappa shape index (κ3) is 4.11. The first-order chi connectivity index (χ1) is 15.8. The van der Waals surface area contributed by atoms with Gasteiger partial charge in [0.25, 0.3) is 0 Å². The van der Waals surface area contributed by atoms with Crippen LogP contribution in [0.3, 0.4) is 0 Å². The Bertz CT molecular complexity index is 1320. The van der Waals surface area contributed by atoms with Gasteiger partial charge in [0.1, 0.15) is 0 Å². The molecule has 4 aromatic rings. The minimum Gasteiger partial charge on any atom is -0.369 e. The number of piperazine rings is 1. The molecule has 33 heavy (non-hydrogen) atoms. The third-order valence-electron chi connectivity index (χ3n) is 5.88. The predicted molar refractivity (Wildman–Crippen MR) is 120 cm³/mol. The number of H-pyrrole nitrogens is 2. The van der Waals surface area contributed by atoms with Crippen molar-refractivity contribution in [2.24, 2.45) is 0 Å². The highest BCUT2D eigenvalue weighted by molar-refractivity contribution is 6.10. The van der Waals surface area contributed by atoms with E-state index in [1.54, 1.807) is 0 Å². The van der Waals surface area contributed by atoms with Crippen LogP contribution in [0.5, 0.6) is 0 Å². The summed E-state index contributed by atoms with van der Waals surface area (Å²) in [7, 11) is 0. The number of benzene rings is 2. The number of ketones is 1. The van der Waals surface area contributed by atoms with E-state index in [0.717, 1.165) is 42.4 Å². The lowest BCUT2D eigenvalue weighted by molar-refractivity contribution is -0.137. The number of hydrogen-bond donors (Lipinski definition) is 3. The van der Waals surface area contributed by atoms with Crippen LogP contribution in [0.25, 0.3) is 22.6 Å². The van der Waals surface area contributed by atoms with Crippen LogP contribution in [-0.4, -0.2) is 46.4 Å². The number of carbonyl (C=O) groups excluding carboxylic acids is 1. The molecule has 0 bridgehead atoms. The molecular weight excluding hydrogens is 431 g/mol. The van der Waals surface area contributed by atoms with Gasteiger partial charge in [-0.2, -0.15) is 13.2 Å². The topological polar surface area (TPSA) is 76.8 Å². The van der Waals surface area contributed by atoms with Crippen LogP contribution in [0.15, 0.2) is 54.7 Å². The highest BCUT2D eigenvalue weighted by atomic mass is 19.4. The summed E-state index contributed by atoms with van der Waals surface area (Å²) >= 11 is 0. The molecule has 1 fully saturated rings. The number of imidazole rings is 1. The molecule has 1 atom stereocenters. The fourth-order valence-corrected chi connectivity index (χ4v) is 4.23. The van der Waals surface area contributed by atoms with Crippen LogP contribution >= 0.6 is 0 Å². The molecule has 3 N–H and O–H groups in total. The molecule has 1 aliphatic heterocycles. The van der Waals surface area contributed by atoms with Gasteiger partial charge in [-0.1, -0.05) is 18.2 Å². The number of carbonyl (C=O) groups is 1. The summed E-state index contributed by atoms with van der Waals surface area (Å²) in [6, 6.07) is 12.7. The SMILES string of the molecule is C[C@@H]1CN(c2ccc3nc(-c4cc(C(=O)c5ccccc5C(F)(F)F)c[nH]4)[nH]c3c2)CCN1. The fourth-order valence-electron chi connectivity index (χ4n) is 4.23. The third-order valence-corrected chi connectivity index (χ3v) is 5.88. The van der Waals surface area contributed by atoms with Gasteiger partial charge in [0.05, 0.1) is 22.3 Å². The minimum atomic E-state index is -4.61. The molecule has 0 aliphatic carbocycles. The van der Waals surface area contributed by atoms with E-state index in [-0.39, 0.29) is 11.1 Å². The smallest absolute Gasteiger partial charge is 0.369 e. The van der Waals surface area contributed by atoms with Gasteiger partial charge < -0.3 is 20.2 Å². The van der Waals surface area contributed by atoms with E-state index in [0.29, 0.717) is 17.6 Å². The number of fused-ring (bicyclic) bond motifs is 1. The molecule has 2 aromatic heterocycles. The Morgan fingerprint density at radius 1 is 1.15 bits per heavy atom. The molecule has 3 heterocycles. The van der Waals surface area contributed by atoms with Crippen LogP contribution in [0, 0.1) is 0 Å². The average Bonchev–Trinajstić information content (AvgIpc) is 3.45. The van der Waals surface area contributed by atoms with Crippen LogP contribution < -0.4 is 10.2 Å². The lowest BCUT2D eigenvalue weighted by Gasteiger charge is -2.33. The zero-order valence-corrected chi connectivity index (χ0v) is 17.8. The van der Waals surface area contributed by atoms with Gasteiger partial charge in [-0.15, -0.1) is 0 Å². The van der Waals surface area contributed by atoms with E-state index in [2.05, 4.69) is 32.1 Å². The van der Waals surface area contributed by atoms with Gasteiger partial charge in [0.2, 0.25) is 0 Å². The summed E-state index contributed by atoms with van der Waals surface area (Å²) in [6.07, 6.45) is -3.20. The van der Waals surface area contributed by atoms with Crippen molar-refractivity contribution in [3.8, 4) is 11.5 Å². The number of aromatic nitrogens is 3. The Balaban J connectivity index is 1.43. The quantitative estimate of drug-likeness (QED) is 0.395. The Morgan fingerprint density at radius 2 is 1.97 bits per heavy atom. The van der Waals surface area contributed by atoms with Crippen LogP contribution in [-0.2, 0) is 6.18 Å². The van der Waals surface area contributed by atoms with Crippen LogP contribution in [0.1, 0.15) is 28.4 Å². The maximum atomic E-state index is 13.3. The largest absolute Gasteiger partial charge is 0.417 e. The molecule has 2 aromatic carbocycles. The molecule has 0 radical (unpaired) electrons. The van der Waals surface area contributed by atoms with Gasteiger partial charge in [0.15, 0.2) is 11.6 Å². The summed E-state index contributed by atoms with van der Waals surface area (Å²) in [5.74, 6) is -0.185. The number of halogens is 3. The second-order valence-corrected chi connectivity index (χ2v) is 8.26. The molecule has 1 saturated heterocycles. The number of rotatable bonds is 4. The van der Waals surface area contributed by atoms with Crippen molar-refractivity contribution >= 4 is 22.5 Å². The van der Waals surface area contributed by atoms with Crippen LogP contribution in [0.4, 0.5) is 18.9 Å². The first-order valence-electron chi connectivity index (χ1n) is 10.7. The van der Waals surface area contributed by atoms with E-state index in [4.69, 9.17) is 0 Å². The first-order valence-corrected chi connectivity index (χ1v) is 10.7. The van der Waals surface area contributed by atoms with Gasteiger partial charge in [-0.3, -0.25) is 4.79 Å². The van der Waals surface area contributed by atoms with E-state index in [1.165, 1.54) is 30.5 Å². The number of nitrogens with one attached hydrogen (secondary N) is 3. The molecule has 1 aliphatic rings. The summed E-state index contributed by atoms with van der Waals surface area (Å²) in [5, 5.41) is 3.42. The van der Waals surface area contributed by atoms with Crippen LogP contribution in [0.2, 0.25) is 0 Å². The molecule has 5 rings (SSSR count). The normalized spacial score (nSPS) is 17.0. The zero-order valence-electron chi connectivity index (χ0n) is 17.8. The van der Waals surface area contributed by atoms with Crippen molar-refractivity contribution in [3.05, 3.63) is 71.4 Å². The first kappa shape index (κ1) is 21.3. The molecule has 0 spiro atoms. The van der Waals surface area contributed by atoms with Gasteiger partial charge in [-0.05, 0) is 37.3 Å². The van der Waals surface area contributed by atoms with E-state index in [9.17, 15) is 18.0 Å². The lowest BCUT2D eigenvalue weighted by Crippen LogP contribution is -2.49. The number of hydrogen-bond acceptors (Lipinski definition) is 4. The van der Waals surface area contributed by atoms with Crippen molar-refractivity contribution in [2.45, 2.75) is 19.1 Å². The maximum Gasteiger partial charge on any atom is 0.417 e. The summed E-state index contributed by atoms with van der Waals surface area (Å²) in [5.41, 5.74) is 2.04. The zero-order chi connectivity index (χ0) is 23.2. The van der Waals surface area contributed by atoms with Gasteiger partial charge >= 0.3 is 6.18 Å². The second kappa shape index (κ2) is 8.08. The Morgan fingerprint density at radius 3 is 2.76 bits per heavy atom. The van der Waals surface area contributed by atoms with Crippen molar-refractivity contribution in [3.63, 3.8) is 0 Å². The van der Waals surface area contributed by atoms with E-state index < -0.39 is 17.5 Å². The van der Waals surface area contributed by atoms with Gasteiger partial charge in [-0.25, -0.2) is 4.98 Å². The number of alkyl halides is 3. The number of anilines is 1. The Labute approximate surface area is 187 Å². The van der Waals surface area contributed by atoms with E-state index in [1.807, 2.05) is 18.2 Å². The summed E-state index contributed by atoms with van der Waals surface area (Å²) < 4.78 is 40.0. The Hall–Kier alpha value is -3.59. The fraction of sp³-hybridized carbons (Fsp3) is 0.250. The molecule has 6 nitrogen and oxygen atoms in total. The standard InChI is InChI=1S/C24H22F3N5O/c1-14-13-32(9-8-28-14)16-6-7-19-20(11-16)31-23(30-19)21-10-15(12-29-21)22(33)17-4-2-3-5-18(17)24(25,26)27/h2-7,10-12,14,28-29H,8-9,13H2,1H3,(H,30,31)/t14-/m1/s1. The van der Waals surface area contributed by atoms with Crippen molar-refractivity contribution in [2.75, 3.05) is 24.5 Å². The lowest BCUT2D eigenvalue weighted by atomic mass is 9.99. The molecule has 0 unspecified atom stereocenters. The Kier molecular flexibility index (Phi) is 5.20. The van der Waals surface area contributed by atoms with Gasteiger partial charge in [0, 0.05) is 48.7 Å². The minimum absolute atomic E-state index is 0.137. The molecule has 0 saturated carbocycles. The monoisotopic (exact) mass is 453 g/mol. The highest BCUT2D eigenvalue weighted by Crippen LogP contribution is 2.33. The molecular formula is C24H22F3N5O. The summed E-state index contributed by atoms with van der Waals surface area (Å²) in [6.45, 7) is 4.90. The summed E-state index contributed by atoms with van der Waals surface area (Å²) in [4.78, 5) is 25.9. The van der Waals surface area contributed by atoms with E-state index >= 15 is 0 Å². The second-order valence-electron chi connectivity index (χ2n) is 8.26. The number of nitrogens with zero attached hydrogens (tertiary/aromatic N) is 2. The molecule has 9 heteroatoms. The highest BCUT2D eigenvalue weighted by Gasteiger charge is 2.35. The molecule has 0 amide bonds. The maximum absolute atomic E-state index is 13.3.